The maximum Gasteiger partial charge on any atom is 0.0466 e. The Kier molecular flexibility index (Phi) is 8.92. The number of rotatable bonds is 7. The van der Waals surface area contributed by atoms with Gasteiger partial charge >= 0.3 is 0 Å². The molecule has 1 spiro atoms. The SMILES string of the molecule is C=C(N)C(/C=C\C)=C\C=C(C)\C=C/C(N)C1=CC=C(c2ccc3c(c2)C2(CC/C=C\C(=C)c4ccccc42)c2ccccc2C3)C1. The first-order valence-corrected chi connectivity index (χ1v) is 16.3. The summed E-state index contributed by atoms with van der Waals surface area (Å²) in [6.45, 7) is 12.4. The molecule has 3 aromatic rings. The molecule has 0 saturated heterocycles. The standard InChI is InChI=1S/C44H44N2/c1-5-12-33(32(4)45)20-18-30(2)19-25-43(46)38-24-22-34(27-38)35-21-23-37-28-36-14-6-8-16-40(36)44(42(37)29-35)26-11-10-13-31(3)39-15-7-9-17-41(39)44/h5-10,12-25,29,43H,3-4,11,26-28,45-46H2,1-2H3/b12-5-,13-10-,25-19-,30-18+,33-20-. The topological polar surface area (TPSA) is 52.0 Å². The molecule has 0 radical (unpaired) electrons. The van der Waals surface area contributed by atoms with Gasteiger partial charge in [0.1, 0.15) is 0 Å². The van der Waals surface area contributed by atoms with Crippen LogP contribution in [0, 0.1) is 0 Å². The van der Waals surface area contributed by atoms with Crippen molar-refractivity contribution in [2.45, 2.75) is 51.0 Å². The summed E-state index contributed by atoms with van der Waals surface area (Å²) < 4.78 is 0. The van der Waals surface area contributed by atoms with Gasteiger partial charge in [0.2, 0.25) is 0 Å². The molecule has 0 amide bonds. The molecule has 3 aliphatic rings. The van der Waals surface area contributed by atoms with Crippen LogP contribution in [-0.4, -0.2) is 6.04 Å². The number of hydrogen-bond acceptors (Lipinski definition) is 2. The van der Waals surface area contributed by atoms with E-state index in [9.17, 15) is 0 Å². The molecular formula is C44H44N2. The summed E-state index contributed by atoms with van der Waals surface area (Å²) in [6, 6.07) is 24.9. The summed E-state index contributed by atoms with van der Waals surface area (Å²) in [4.78, 5) is 0. The molecule has 0 aliphatic heterocycles. The fraction of sp³-hybridized carbons (Fsp3) is 0.182. The van der Waals surface area contributed by atoms with E-state index in [1.54, 1.807) is 0 Å². The highest BCUT2D eigenvalue weighted by Gasteiger charge is 2.43. The molecule has 0 aromatic heterocycles. The van der Waals surface area contributed by atoms with E-state index in [2.05, 4.69) is 123 Å². The summed E-state index contributed by atoms with van der Waals surface area (Å²) in [7, 11) is 0. The van der Waals surface area contributed by atoms with Crippen LogP contribution in [0.3, 0.4) is 0 Å². The molecule has 4 N–H and O–H groups in total. The van der Waals surface area contributed by atoms with E-state index in [-0.39, 0.29) is 11.5 Å². The van der Waals surface area contributed by atoms with Gasteiger partial charge in [-0.15, -0.1) is 0 Å². The zero-order valence-electron chi connectivity index (χ0n) is 27.1. The minimum atomic E-state index is -0.250. The number of nitrogens with two attached hydrogens (primary N) is 2. The maximum atomic E-state index is 6.70. The Hall–Kier alpha value is -4.92. The third-order valence-electron chi connectivity index (χ3n) is 9.67. The van der Waals surface area contributed by atoms with Crippen molar-refractivity contribution in [3.05, 3.63) is 202 Å². The smallest absolute Gasteiger partial charge is 0.0466 e. The van der Waals surface area contributed by atoms with Crippen LogP contribution in [0.15, 0.2) is 163 Å². The molecule has 2 nitrogen and oxygen atoms in total. The second-order valence-electron chi connectivity index (χ2n) is 12.7. The highest BCUT2D eigenvalue weighted by atomic mass is 14.6. The van der Waals surface area contributed by atoms with Crippen molar-refractivity contribution < 1.29 is 0 Å². The van der Waals surface area contributed by atoms with Crippen LogP contribution in [-0.2, 0) is 11.8 Å². The van der Waals surface area contributed by atoms with E-state index in [1.807, 2.05) is 31.2 Å². The molecule has 230 valence electrons. The first-order valence-electron chi connectivity index (χ1n) is 16.3. The Balaban J connectivity index is 1.31. The van der Waals surface area contributed by atoms with Crippen molar-refractivity contribution in [3.8, 4) is 0 Å². The first kappa shape index (κ1) is 31.1. The van der Waals surface area contributed by atoms with Crippen LogP contribution >= 0.6 is 0 Å². The normalized spacial score (nSPS) is 20.9. The number of hydrogen-bond donors (Lipinski definition) is 2. The summed E-state index contributed by atoms with van der Waals surface area (Å²) in [6.07, 6.45) is 24.9. The predicted molar refractivity (Wildman–Crippen MR) is 197 cm³/mol. The van der Waals surface area contributed by atoms with Crippen molar-refractivity contribution >= 4 is 11.1 Å². The minimum absolute atomic E-state index is 0.160. The van der Waals surface area contributed by atoms with Gasteiger partial charge in [0.05, 0.1) is 0 Å². The van der Waals surface area contributed by atoms with Crippen molar-refractivity contribution in [3.63, 3.8) is 0 Å². The Morgan fingerprint density at radius 3 is 2.46 bits per heavy atom. The predicted octanol–water partition coefficient (Wildman–Crippen LogP) is 9.81. The van der Waals surface area contributed by atoms with E-state index >= 15 is 0 Å². The zero-order valence-corrected chi connectivity index (χ0v) is 27.1. The molecule has 0 heterocycles. The van der Waals surface area contributed by atoms with Gasteiger partial charge in [0, 0.05) is 17.2 Å². The molecular weight excluding hydrogens is 556 g/mol. The third kappa shape index (κ3) is 5.89. The van der Waals surface area contributed by atoms with E-state index < -0.39 is 0 Å². The lowest BCUT2D eigenvalue weighted by Gasteiger charge is -2.43. The maximum absolute atomic E-state index is 6.70. The van der Waals surface area contributed by atoms with Crippen molar-refractivity contribution in [2.75, 3.05) is 0 Å². The average Bonchev–Trinajstić information content (AvgIpc) is 3.56. The monoisotopic (exact) mass is 600 g/mol. The van der Waals surface area contributed by atoms with Crippen LogP contribution < -0.4 is 11.5 Å². The summed E-state index contributed by atoms with van der Waals surface area (Å²) in [5.41, 5.74) is 28.1. The molecule has 2 atom stereocenters. The highest BCUT2D eigenvalue weighted by molar-refractivity contribution is 5.79. The van der Waals surface area contributed by atoms with Gasteiger partial charge in [-0.2, -0.15) is 0 Å². The van der Waals surface area contributed by atoms with Crippen molar-refractivity contribution in [1.82, 2.24) is 0 Å². The Morgan fingerprint density at radius 2 is 1.65 bits per heavy atom. The van der Waals surface area contributed by atoms with Crippen LogP contribution in [0.4, 0.5) is 0 Å². The van der Waals surface area contributed by atoms with Crippen LogP contribution in [0.2, 0.25) is 0 Å². The Bertz CT molecular complexity index is 1920. The quantitative estimate of drug-likeness (QED) is 0.265. The molecule has 0 bridgehead atoms. The van der Waals surface area contributed by atoms with Gasteiger partial charge in [-0.05, 0) is 107 Å². The molecule has 0 fully saturated rings. The Morgan fingerprint density at radius 1 is 0.891 bits per heavy atom. The summed E-state index contributed by atoms with van der Waals surface area (Å²) in [5.74, 6) is 0. The summed E-state index contributed by atoms with van der Waals surface area (Å²) >= 11 is 0. The van der Waals surface area contributed by atoms with E-state index in [4.69, 9.17) is 11.5 Å². The van der Waals surface area contributed by atoms with E-state index in [0.717, 1.165) is 42.4 Å². The average molecular weight is 601 g/mol. The van der Waals surface area contributed by atoms with E-state index in [1.165, 1.54) is 50.1 Å². The van der Waals surface area contributed by atoms with Crippen molar-refractivity contribution in [1.29, 1.82) is 0 Å². The molecule has 6 rings (SSSR count). The fourth-order valence-corrected chi connectivity index (χ4v) is 7.29. The molecule has 3 aromatic carbocycles. The van der Waals surface area contributed by atoms with Gasteiger partial charge in [-0.1, -0.05) is 140 Å². The van der Waals surface area contributed by atoms with Gasteiger partial charge in [0.25, 0.3) is 0 Å². The van der Waals surface area contributed by atoms with Crippen LogP contribution in [0.1, 0.15) is 72.1 Å². The van der Waals surface area contributed by atoms with Crippen molar-refractivity contribution in [2.24, 2.45) is 11.5 Å². The second kappa shape index (κ2) is 13.2. The van der Waals surface area contributed by atoms with Crippen LogP contribution in [0.5, 0.6) is 0 Å². The number of benzene rings is 3. The third-order valence-corrected chi connectivity index (χ3v) is 9.67. The van der Waals surface area contributed by atoms with Crippen LogP contribution in [0.25, 0.3) is 11.1 Å². The second-order valence-corrected chi connectivity index (χ2v) is 12.7. The molecule has 2 unspecified atom stereocenters. The van der Waals surface area contributed by atoms with E-state index in [0.29, 0.717) is 5.70 Å². The largest absolute Gasteiger partial charge is 0.399 e. The molecule has 2 heteroatoms. The lowest BCUT2D eigenvalue weighted by Crippen LogP contribution is -2.36. The highest BCUT2D eigenvalue weighted by Crippen LogP contribution is 2.52. The van der Waals surface area contributed by atoms with Gasteiger partial charge in [0.15, 0.2) is 0 Å². The molecule has 3 aliphatic carbocycles. The molecule has 46 heavy (non-hydrogen) atoms. The number of fused-ring (bicyclic) bond motifs is 6. The minimum Gasteiger partial charge on any atom is -0.399 e. The number of allylic oxidation sites excluding steroid dienone is 12. The zero-order chi connectivity index (χ0) is 32.3. The first-order chi connectivity index (χ1) is 22.3. The lowest BCUT2D eigenvalue weighted by atomic mass is 9.59. The molecule has 0 saturated carbocycles. The van der Waals surface area contributed by atoms with Gasteiger partial charge in [-0.25, -0.2) is 0 Å². The van der Waals surface area contributed by atoms with Gasteiger partial charge in [-0.3, -0.25) is 0 Å². The summed E-state index contributed by atoms with van der Waals surface area (Å²) in [5, 5.41) is 0. The van der Waals surface area contributed by atoms with Gasteiger partial charge < -0.3 is 11.5 Å². The fourth-order valence-electron chi connectivity index (χ4n) is 7.29. The lowest BCUT2D eigenvalue weighted by molar-refractivity contribution is 0.543. The Labute approximate surface area is 274 Å².